The molecule has 3 rings (SSSR count). The molecule has 0 aliphatic rings. The van der Waals surface area contributed by atoms with Crippen molar-refractivity contribution in [1.82, 2.24) is 4.72 Å². The molecule has 0 unspecified atom stereocenters. The molecule has 34 heavy (non-hydrogen) atoms. The van der Waals surface area contributed by atoms with Gasteiger partial charge in [0, 0.05) is 17.1 Å². The molecule has 0 spiro atoms. The van der Waals surface area contributed by atoms with Crippen LogP contribution in [0.1, 0.15) is 24.0 Å². The summed E-state index contributed by atoms with van der Waals surface area (Å²) in [5.74, 6) is -1.38. The molecule has 3 aromatic rings. The van der Waals surface area contributed by atoms with Gasteiger partial charge in [0.1, 0.15) is 6.04 Å². The summed E-state index contributed by atoms with van der Waals surface area (Å²) in [5.41, 5.74) is 2.29. The molecular weight excluding hydrogens is 476 g/mol. The number of hydrogen-bond acceptors (Lipinski definition) is 4. The van der Waals surface area contributed by atoms with Crippen molar-refractivity contribution in [3.05, 3.63) is 95.0 Å². The van der Waals surface area contributed by atoms with Crippen molar-refractivity contribution in [2.45, 2.75) is 36.6 Å². The van der Waals surface area contributed by atoms with Gasteiger partial charge in [-0.15, -0.1) is 0 Å². The van der Waals surface area contributed by atoms with Crippen molar-refractivity contribution in [2.24, 2.45) is 0 Å². The number of carboxylic acids is 1. The molecule has 0 aliphatic carbocycles. The van der Waals surface area contributed by atoms with Crippen molar-refractivity contribution in [1.29, 1.82) is 0 Å². The molecule has 3 N–H and O–H groups in total. The van der Waals surface area contributed by atoms with E-state index < -0.39 is 27.9 Å². The Labute approximate surface area is 203 Å². The van der Waals surface area contributed by atoms with Crippen molar-refractivity contribution < 1.29 is 23.1 Å². The Hall–Kier alpha value is -3.20. The highest BCUT2D eigenvalue weighted by atomic mass is 35.5. The number of nitrogens with one attached hydrogen (secondary N) is 2. The Morgan fingerprint density at radius 2 is 1.47 bits per heavy atom. The average Bonchev–Trinajstić information content (AvgIpc) is 2.82. The van der Waals surface area contributed by atoms with Gasteiger partial charge in [-0.3, -0.25) is 9.59 Å². The lowest BCUT2D eigenvalue weighted by molar-refractivity contribution is -0.137. The summed E-state index contributed by atoms with van der Waals surface area (Å²) in [5, 5.41) is 12.0. The number of sulfonamides is 1. The molecule has 0 aliphatic heterocycles. The lowest BCUT2D eigenvalue weighted by atomic mass is 10.1. The van der Waals surface area contributed by atoms with E-state index >= 15 is 0 Å². The normalized spacial score (nSPS) is 12.1. The fourth-order valence-electron chi connectivity index (χ4n) is 3.30. The molecular formula is C25H25ClN2O5S. The number of aliphatic carboxylic acids is 1. The fraction of sp³-hybridized carbons (Fsp3) is 0.200. The Kier molecular flexibility index (Phi) is 8.81. The minimum atomic E-state index is -3.97. The summed E-state index contributed by atoms with van der Waals surface area (Å²) < 4.78 is 28.3. The Morgan fingerprint density at radius 3 is 2.09 bits per heavy atom. The van der Waals surface area contributed by atoms with E-state index in [1.807, 2.05) is 30.3 Å². The molecule has 1 atom stereocenters. The molecule has 9 heteroatoms. The van der Waals surface area contributed by atoms with Crippen LogP contribution in [0.25, 0.3) is 0 Å². The maximum Gasteiger partial charge on any atom is 0.303 e. The first kappa shape index (κ1) is 25.4. The fourth-order valence-corrected chi connectivity index (χ4v) is 4.66. The number of amides is 1. The number of aryl methyl sites for hydroxylation is 2. The van der Waals surface area contributed by atoms with E-state index in [-0.39, 0.29) is 17.7 Å². The predicted octanol–water partition coefficient (Wildman–Crippen LogP) is 4.28. The van der Waals surface area contributed by atoms with Gasteiger partial charge in [-0.05, 0) is 66.8 Å². The smallest absolute Gasteiger partial charge is 0.303 e. The van der Waals surface area contributed by atoms with Gasteiger partial charge in [-0.25, -0.2) is 8.42 Å². The van der Waals surface area contributed by atoms with Crippen LogP contribution in [0.2, 0.25) is 5.02 Å². The molecule has 1 amide bonds. The minimum Gasteiger partial charge on any atom is -0.481 e. The third-order valence-electron chi connectivity index (χ3n) is 5.15. The number of halogens is 1. The van der Waals surface area contributed by atoms with Gasteiger partial charge in [0.25, 0.3) is 0 Å². The zero-order valence-electron chi connectivity index (χ0n) is 18.3. The second-order valence-electron chi connectivity index (χ2n) is 7.73. The van der Waals surface area contributed by atoms with E-state index in [2.05, 4.69) is 10.0 Å². The number of anilines is 1. The van der Waals surface area contributed by atoms with Crippen molar-refractivity contribution in [3.8, 4) is 0 Å². The van der Waals surface area contributed by atoms with Crippen LogP contribution in [0.4, 0.5) is 5.69 Å². The van der Waals surface area contributed by atoms with Gasteiger partial charge in [0.05, 0.1) is 4.90 Å². The summed E-state index contributed by atoms with van der Waals surface area (Å²) in [7, 11) is -3.97. The summed E-state index contributed by atoms with van der Waals surface area (Å²) >= 11 is 5.86. The van der Waals surface area contributed by atoms with E-state index in [1.165, 1.54) is 24.3 Å². The van der Waals surface area contributed by atoms with Crippen LogP contribution in [0, 0.1) is 0 Å². The number of rotatable bonds is 11. The van der Waals surface area contributed by atoms with E-state index in [4.69, 9.17) is 16.7 Å². The molecule has 0 fully saturated rings. The van der Waals surface area contributed by atoms with Gasteiger partial charge in [-0.2, -0.15) is 4.72 Å². The highest BCUT2D eigenvalue weighted by Crippen LogP contribution is 2.17. The van der Waals surface area contributed by atoms with E-state index in [1.54, 1.807) is 24.3 Å². The van der Waals surface area contributed by atoms with E-state index in [0.717, 1.165) is 11.1 Å². The number of carbonyl (C=O) groups excluding carboxylic acids is 1. The molecule has 3 aromatic carbocycles. The van der Waals surface area contributed by atoms with Crippen LogP contribution in [0.3, 0.4) is 0 Å². The first-order chi connectivity index (χ1) is 16.2. The number of carboxylic acid groups (broad SMARTS) is 1. The van der Waals surface area contributed by atoms with Crippen LogP contribution in [-0.2, 0) is 32.5 Å². The second-order valence-corrected chi connectivity index (χ2v) is 9.88. The molecule has 0 heterocycles. The predicted molar refractivity (Wildman–Crippen MR) is 131 cm³/mol. The van der Waals surface area contributed by atoms with Crippen LogP contribution < -0.4 is 10.0 Å². The third kappa shape index (κ3) is 7.69. The summed E-state index contributed by atoms with van der Waals surface area (Å²) in [4.78, 5) is 23.8. The van der Waals surface area contributed by atoms with Crippen LogP contribution >= 0.6 is 11.6 Å². The van der Waals surface area contributed by atoms with Gasteiger partial charge in [-0.1, -0.05) is 54.1 Å². The van der Waals surface area contributed by atoms with E-state index in [9.17, 15) is 18.0 Å². The number of hydrogen-bond donors (Lipinski definition) is 3. The highest BCUT2D eigenvalue weighted by molar-refractivity contribution is 7.89. The van der Waals surface area contributed by atoms with Crippen LogP contribution in [0.15, 0.2) is 83.8 Å². The zero-order chi connectivity index (χ0) is 24.6. The molecule has 0 radical (unpaired) electrons. The topological polar surface area (TPSA) is 113 Å². The van der Waals surface area contributed by atoms with Gasteiger partial charge in [0.2, 0.25) is 15.9 Å². The maximum absolute atomic E-state index is 13.1. The minimum absolute atomic E-state index is 0.0113. The summed E-state index contributed by atoms with van der Waals surface area (Å²) in [6.07, 6.45) is 1.14. The van der Waals surface area contributed by atoms with Crippen LogP contribution in [0.5, 0.6) is 0 Å². The molecule has 0 aromatic heterocycles. The Balaban J connectivity index is 1.74. The largest absolute Gasteiger partial charge is 0.481 e. The van der Waals surface area contributed by atoms with Gasteiger partial charge in [0.15, 0.2) is 0 Å². The number of carbonyl (C=O) groups is 2. The molecule has 0 saturated heterocycles. The first-order valence-electron chi connectivity index (χ1n) is 10.7. The van der Waals surface area contributed by atoms with Crippen molar-refractivity contribution in [2.75, 3.05) is 5.32 Å². The molecule has 7 nitrogen and oxygen atoms in total. The van der Waals surface area contributed by atoms with Crippen molar-refractivity contribution >= 4 is 39.2 Å². The van der Waals surface area contributed by atoms with E-state index in [0.29, 0.717) is 23.6 Å². The Bertz CT molecular complexity index is 1210. The quantitative estimate of drug-likeness (QED) is 0.364. The third-order valence-corrected chi connectivity index (χ3v) is 6.89. The first-order valence-corrected chi connectivity index (χ1v) is 12.5. The average molecular weight is 501 g/mol. The van der Waals surface area contributed by atoms with Gasteiger partial charge < -0.3 is 10.4 Å². The van der Waals surface area contributed by atoms with Gasteiger partial charge >= 0.3 is 5.97 Å². The number of benzene rings is 3. The SMILES string of the molecule is O=C(O)CCc1ccc(NC(=O)[C@H](CCc2ccccc2)NS(=O)(=O)c2ccc(Cl)cc2)cc1. The molecule has 178 valence electrons. The molecule has 0 bridgehead atoms. The lowest BCUT2D eigenvalue weighted by Gasteiger charge is -2.19. The standard InChI is InChI=1S/C25H25ClN2O5S/c26-20-10-14-22(15-11-20)34(32,33)28-23(16-8-18-4-2-1-3-5-18)25(31)27-21-12-6-19(7-13-21)9-17-24(29)30/h1-7,10-15,23,28H,8-9,16-17H2,(H,27,31)(H,29,30)/t23-/m0/s1. The summed E-state index contributed by atoms with van der Waals surface area (Å²) in [6, 6.07) is 21.0. The highest BCUT2D eigenvalue weighted by Gasteiger charge is 2.26. The second kappa shape index (κ2) is 11.8. The summed E-state index contributed by atoms with van der Waals surface area (Å²) in [6.45, 7) is 0. The zero-order valence-corrected chi connectivity index (χ0v) is 19.9. The Morgan fingerprint density at radius 1 is 0.853 bits per heavy atom. The van der Waals surface area contributed by atoms with Crippen LogP contribution in [-0.4, -0.2) is 31.4 Å². The van der Waals surface area contributed by atoms with Crippen molar-refractivity contribution in [3.63, 3.8) is 0 Å². The molecule has 0 saturated carbocycles. The monoisotopic (exact) mass is 500 g/mol. The maximum atomic E-state index is 13.1. The lowest BCUT2D eigenvalue weighted by Crippen LogP contribution is -2.44.